The summed E-state index contributed by atoms with van der Waals surface area (Å²) >= 11 is -5.12. The van der Waals surface area contributed by atoms with E-state index in [2.05, 4.69) is 0 Å². The van der Waals surface area contributed by atoms with Gasteiger partial charge in [0, 0.05) is 0 Å². The second kappa shape index (κ2) is 29.5. The van der Waals surface area contributed by atoms with Crippen molar-refractivity contribution in [3.05, 3.63) is 0 Å². The summed E-state index contributed by atoms with van der Waals surface area (Å²) < 4.78 is 31.8. The van der Waals surface area contributed by atoms with Gasteiger partial charge in [0.1, 0.15) is 0 Å². The number of halogens is 6. The third-order valence-corrected chi connectivity index (χ3v) is 0. The molecule has 2 N–H and O–H groups in total. The number of hydrogen-bond donors (Lipinski definition) is 2. The van der Waals surface area contributed by atoms with Gasteiger partial charge in [-0.1, -0.05) is 0 Å². The fraction of sp³-hybridized carbons (Fsp3) is 0. The molecule has 0 aromatic rings. The molecule has 0 saturated carbocycles. The van der Waals surface area contributed by atoms with Crippen molar-refractivity contribution in [1.82, 2.24) is 0 Å². The van der Waals surface area contributed by atoms with Gasteiger partial charge in [0.15, 0.2) is 0 Å². The predicted octanol–water partition coefficient (Wildman–Crippen LogP) is -3.32. The third kappa shape index (κ3) is 751. The van der Waals surface area contributed by atoms with Crippen LogP contribution < -0.4 is 51.4 Å². The molecule has 12 heavy (non-hydrogen) atoms. The fourth-order valence-electron chi connectivity index (χ4n) is 0. The number of rotatable bonds is 0. The summed E-state index contributed by atoms with van der Waals surface area (Å²) in [6, 6.07) is 0. The summed E-state index contributed by atoms with van der Waals surface area (Å²) in [5.74, 6) is 0. The molecule has 0 spiro atoms. The van der Waals surface area contributed by atoms with E-state index in [1.807, 2.05) is 0 Å². The van der Waals surface area contributed by atoms with Crippen molar-refractivity contribution in [3.63, 3.8) is 0 Å². The van der Waals surface area contributed by atoms with Gasteiger partial charge in [0.2, 0.25) is 0 Å². The SMILES string of the molecule is F.F.F.F.F.F.[H-].[K+].[O]=[Mn](=[O])([OH])[OH]. The van der Waals surface area contributed by atoms with E-state index in [-0.39, 0.29) is 81.0 Å². The molecule has 83 valence electrons. The Balaban J connectivity index is -0.00000000286. The van der Waals surface area contributed by atoms with Crippen molar-refractivity contribution < 1.29 is 110 Å². The summed E-state index contributed by atoms with van der Waals surface area (Å²) in [7, 11) is 0. The molecule has 0 saturated heterocycles. The second-order valence-corrected chi connectivity index (χ2v) is 1.71. The van der Waals surface area contributed by atoms with Crippen LogP contribution in [0.4, 0.5) is 28.2 Å². The molecule has 0 radical (unpaired) electrons. The first kappa shape index (κ1) is 72.1. The van der Waals surface area contributed by atoms with Crippen molar-refractivity contribution in [2.24, 2.45) is 0 Å². The first-order valence-corrected chi connectivity index (χ1v) is 2.67. The molecule has 0 fully saturated rings. The van der Waals surface area contributed by atoms with Crippen molar-refractivity contribution >= 4 is 0 Å². The zero-order valence-electron chi connectivity index (χ0n) is 6.54. The van der Waals surface area contributed by atoms with E-state index in [1.54, 1.807) is 0 Å². The molecule has 0 aromatic heterocycles. The van der Waals surface area contributed by atoms with Crippen LogP contribution in [0.1, 0.15) is 1.43 Å². The Labute approximate surface area is 109 Å². The van der Waals surface area contributed by atoms with Gasteiger partial charge in [-0.2, -0.15) is 0 Å². The Bertz CT molecular complexity index is 108. The molecule has 0 aromatic carbocycles. The van der Waals surface area contributed by atoms with Gasteiger partial charge in [0.05, 0.1) is 0 Å². The Morgan fingerprint density at radius 2 is 0.750 bits per heavy atom. The van der Waals surface area contributed by atoms with Crippen LogP contribution in [-0.4, -0.2) is 8.38 Å². The van der Waals surface area contributed by atoms with Crippen LogP contribution in [0.15, 0.2) is 0 Å². The second-order valence-electron chi connectivity index (χ2n) is 0.415. The Kier molecular flexibility index (Phi) is 177. The van der Waals surface area contributed by atoms with E-state index in [1.165, 1.54) is 0 Å². The molecular weight excluding hydrogens is 272 g/mol. The van der Waals surface area contributed by atoms with Crippen molar-refractivity contribution in [2.75, 3.05) is 0 Å². The molecule has 0 unspecified atom stereocenters. The van der Waals surface area contributed by atoms with Crippen LogP contribution in [0.5, 0.6) is 0 Å². The molecule has 0 aliphatic carbocycles. The zero-order chi connectivity index (χ0) is 4.50. The molecule has 12 heteroatoms. The molecule has 4 nitrogen and oxygen atoms in total. The van der Waals surface area contributed by atoms with E-state index in [0.29, 0.717) is 0 Å². The van der Waals surface area contributed by atoms with Crippen LogP contribution in [0, 0.1) is 0 Å². The van der Waals surface area contributed by atoms with E-state index < -0.39 is 13.4 Å². The standard InChI is InChI=1S/6FH.K.Mn.2H2O.2O.H/h6*1H;;;2*1H2;;;/q;;;;;;+1;+2;;;;;-1/p-2. The maximum atomic E-state index is 8.80. The summed E-state index contributed by atoms with van der Waals surface area (Å²) in [5.41, 5.74) is 0. The minimum atomic E-state index is -5.12. The van der Waals surface area contributed by atoms with E-state index >= 15 is 0 Å². The quantitative estimate of drug-likeness (QED) is 0.360. The molecule has 0 bridgehead atoms. The maximum absolute atomic E-state index is 8.80. The van der Waals surface area contributed by atoms with Crippen molar-refractivity contribution in [2.45, 2.75) is 0 Å². The first-order chi connectivity index (χ1) is 2.00. The van der Waals surface area contributed by atoms with Gasteiger partial charge in [-0.3, -0.25) is 28.2 Å². The van der Waals surface area contributed by atoms with Crippen molar-refractivity contribution in [3.8, 4) is 0 Å². The molecule has 0 amide bonds. The van der Waals surface area contributed by atoms with Crippen LogP contribution in [0.25, 0.3) is 0 Å². The predicted molar refractivity (Wildman–Crippen MR) is 21.9 cm³/mol. The Morgan fingerprint density at radius 3 is 0.750 bits per heavy atom. The minimum absolute atomic E-state index is 0. The van der Waals surface area contributed by atoms with Gasteiger partial charge in [-0.25, -0.2) is 0 Å². The van der Waals surface area contributed by atoms with E-state index in [4.69, 9.17) is 16.0 Å². The summed E-state index contributed by atoms with van der Waals surface area (Å²) in [4.78, 5) is 0. The van der Waals surface area contributed by atoms with E-state index in [0.717, 1.165) is 0 Å². The van der Waals surface area contributed by atoms with E-state index in [9.17, 15) is 0 Å². The van der Waals surface area contributed by atoms with Gasteiger partial charge in [-0.05, 0) is 0 Å². The molecule has 0 rings (SSSR count). The Morgan fingerprint density at radius 1 is 0.750 bits per heavy atom. The zero-order valence-corrected chi connectivity index (χ0v) is 9.84. The molecule has 0 aliphatic rings. The topological polar surface area (TPSA) is 74.6 Å². The molecule has 0 aliphatic heterocycles. The van der Waals surface area contributed by atoms with Crippen LogP contribution in [0.3, 0.4) is 0 Å². The average molecular weight is 281 g/mol. The Hall–Kier alpha value is 1.26. The normalized spacial score (nSPS) is 4.83. The van der Waals surface area contributed by atoms with Crippen LogP contribution in [0.2, 0.25) is 0 Å². The third-order valence-electron chi connectivity index (χ3n) is 0. The molecular formula is H9F6KMnO4. The molecule has 0 atom stereocenters. The van der Waals surface area contributed by atoms with Gasteiger partial charge >= 0.3 is 80.8 Å². The average Bonchev–Trinajstić information content (AvgIpc) is 0.722. The summed E-state index contributed by atoms with van der Waals surface area (Å²) in [6.45, 7) is 0. The van der Waals surface area contributed by atoms with Gasteiger partial charge < -0.3 is 1.43 Å². The molecule has 0 heterocycles. The monoisotopic (exact) mass is 281 g/mol. The fourth-order valence-corrected chi connectivity index (χ4v) is 0. The van der Waals surface area contributed by atoms with Gasteiger partial charge in [-0.15, -0.1) is 0 Å². The van der Waals surface area contributed by atoms with Gasteiger partial charge in [0.25, 0.3) is 0 Å². The summed E-state index contributed by atoms with van der Waals surface area (Å²) in [5, 5.41) is 0. The van der Waals surface area contributed by atoms with Crippen LogP contribution in [-0.2, 0) is 21.0 Å². The number of hydrogen-bond acceptors (Lipinski definition) is 2. The first-order valence-electron chi connectivity index (χ1n) is 0.647. The van der Waals surface area contributed by atoms with Crippen LogP contribution >= 0.6 is 0 Å². The van der Waals surface area contributed by atoms with Crippen molar-refractivity contribution in [1.29, 1.82) is 0 Å². The summed E-state index contributed by atoms with van der Waals surface area (Å²) in [6.07, 6.45) is 0.